The van der Waals surface area contributed by atoms with Crippen LogP contribution in [0.15, 0.2) is 78.3 Å². The number of hydrogen-bond acceptors (Lipinski definition) is 11. The lowest BCUT2D eigenvalue weighted by Crippen LogP contribution is -2.25. The van der Waals surface area contributed by atoms with Gasteiger partial charge in [0.15, 0.2) is 17.3 Å². The number of rotatable bonds is 9. The number of benzene rings is 2. The molecule has 0 amide bonds. The molecule has 2 aromatic heterocycles. The van der Waals surface area contributed by atoms with Gasteiger partial charge >= 0.3 is 0 Å². The van der Waals surface area contributed by atoms with Crippen molar-refractivity contribution < 1.29 is 19.4 Å². The van der Waals surface area contributed by atoms with E-state index in [1.165, 1.54) is 20.3 Å². The molecule has 11 nitrogen and oxygen atoms in total. The van der Waals surface area contributed by atoms with E-state index in [4.69, 9.17) is 20.9 Å². The molecule has 0 radical (unpaired) electrons. The molecule has 1 aliphatic heterocycles. The number of hydrogen-bond donors (Lipinski definition) is 3. The quantitative estimate of drug-likeness (QED) is 0.208. The zero-order valence-electron chi connectivity index (χ0n) is 22.6. The maximum Gasteiger partial charge on any atom is 0.221 e. The number of fused-ring (bicyclic) bond motifs is 1. The molecule has 0 fully saturated rings. The fourth-order valence-electron chi connectivity index (χ4n) is 4.69. The molecule has 1 atom stereocenters. The van der Waals surface area contributed by atoms with E-state index < -0.39 is 0 Å². The third-order valence-corrected chi connectivity index (χ3v) is 6.70. The number of hydrazone groups is 1. The number of carbonyl (C=O) groups excluding carboxylic acids is 1. The standard InChI is InChI=1S/C30H29N7O4/c1-40-26-13-18(11-21-15-34-30(32)36-29(21)31)12-24(28(26)41-2)25(39)9-10-37-27(20-7-8-22(17-38)33-14-20)23-6-4-3-5-19(23)16-35-37/h3-10,12-16,27,38H,11,17H2,1-2H3,(H4,31,32,34,36)/b10-9+. The van der Waals surface area contributed by atoms with E-state index in [9.17, 15) is 9.90 Å². The van der Waals surface area contributed by atoms with Crippen molar-refractivity contribution in [2.24, 2.45) is 5.10 Å². The molecular weight excluding hydrogens is 522 g/mol. The first kappa shape index (κ1) is 27.3. The maximum atomic E-state index is 13.6. The van der Waals surface area contributed by atoms with Crippen LogP contribution in [0, 0.1) is 0 Å². The molecule has 1 aliphatic rings. The van der Waals surface area contributed by atoms with Crippen molar-refractivity contribution in [3.05, 3.63) is 112 Å². The number of ketones is 1. The Balaban J connectivity index is 1.49. The predicted molar refractivity (Wildman–Crippen MR) is 155 cm³/mol. The molecule has 0 saturated heterocycles. The van der Waals surface area contributed by atoms with Crippen molar-refractivity contribution in [2.45, 2.75) is 19.1 Å². The molecule has 0 saturated carbocycles. The van der Waals surface area contributed by atoms with Crippen LogP contribution in [0.5, 0.6) is 11.5 Å². The highest BCUT2D eigenvalue weighted by Gasteiger charge is 2.26. The molecule has 41 heavy (non-hydrogen) atoms. The van der Waals surface area contributed by atoms with Gasteiger partial charge in [0, 0.05) is 42.2 Å². The first-order valence-corrected chi connectivity index (χ1v) is 12.7. The number of carbonyl (C=O) groups is 1. The van der Waals surface area contributed by atoms with Crippen molar-refractivity contribution >= 4 is 23.8 Å². The van der Waals surface area contributed by atoms with Gasteiger partial charge in [-0.15, -0.1) is 0 Å². The van der Waals surface area contributed by atoms with Crippen LogP contribution in [0.1, 0.15) is 49.9 Å². The van der Waals surface area contributed by atoms with Gasteiger partial charge in [-0.1, -0.05) is 30.3 Å². The minimum absolute atomic E-state index is 0.0842. The number of aliphatic hydroxyl groups is 1. The van der Waals surface area contributed by atoms with Gasteiger partial charge in [-0.05, 0) is 34.9 Å². The summed E-state index contributed by atoms with van der Waals surface area (Å²) in [5.41, 5.74) is 16.8. The largest absolute Gasteiger partial charge is 0.493 e. The summed E-state index contributed by atoms with van der Waals surface area (Å²) in [7, 11) is 2.99. The van der Waals surface area contributed by atoms with Crippen molar-refractivity contribution in [2.75, 3.05) is 25.7 Å². The fraction of sp³-hybridized carbons (Fsp3) is 0.167. The van der Waals surface area contributed by atoms with E-state index in [2.05, 4.69) is 20.1 Å². The molecule has 5 rings (SSSR count). The minimum atomic E-state index is -0.336. The van der Waals surface area contributed by atoms with Gasteiger partial charge in [-0.3, -0.25) is 14.8 Å². The summed E-state index contributed by atoms with van der Waals surface area (Å²) in [5, 5.41) is 15.7. The predicted octanol–water partition coefficient (Wildman–Crippen LogP) is 3.27. The summed E-state index contributed by atoms with van der Waals surface area (Å²) in [5.74, 6) is 0.733. The summed E-state index contributed by atoms with van der Waals surface area (Å²) in [6, 6.07) is 14.7. The van der Waals surface area contributed by atoms with Gasteiger partial charge in [-0.25, -0.2) is 4.98 Å². The second-order valence-electron chi connectivity index (χ2n) is 9.27. The summed E-state index contributed by atoms with van der Waals surface area (Å²) in [4.78, 5) is 26.0. The van der Waals surface area contributed by atoms with Gasteiger partial charge in [0.25, 0.3) is 0 Å². The Hall–Kier alpha value is -5.29. The zero-order chi connectivity index (χ0) is 28.9. The Bertz CT molecular complexity index is 1640. The Morgan fingerprint density at radius 2 is 1.90 bits per heavy atom. The molecule has 2 aromatic carbocycles. The van der Waals surface area contributed by atoms with E-state index in [-0.39, 0.29) is 30.2 Å². The second-order valence-corrected chi connectivity index (χ2v) is 9.27. The van der Waals surface area contributed by atoms with Crippen LogP contribution < -0.4 is 20.9 Å². The number of ether oxygens (including phenoxy) is 2. The van der Waals surface area contributed by atoms with Gasteiger partial charge in [0.2, 0.25) is 5.95 Å². The first-order valence-electron chi connectivity index (χ1n) is 12.7. The number of aromatic nitrogens is 3. The Morgan fingerprint density at radius 1 is 1.07 bits per heavy atom. The average molecular weight is 552 g/mol. The number of nitrogen functional groups attached to an aromatic ring is 2. The number of aliphatic hydroxyl groups excluding tert-OH is 1. The average Bonchev–Trinajstić information content (AvgIpc) is 3.00. The van der Waals surface area contributed by atoms with Crippen LogP contribution in [0.25, 0.3) is 0 Å². The SMILES string of the molecule is COc1cc(Cc2cnc(N)nc2N)cc(C(=O)/C=C/N2N=Cc3ccccc3C2c2ccc(CO)nc2)c1OC. The van der Waals surface area contributed by atoms with Crippen LogP contribution in [0.2, 0.25) is 0 Å². The molecule has 4 aromatic rings. The molecule has 1 unspecified atom stereocenters. The molecule has 0 spiro atoms. The number of pyridine rings is 1. The molecule has 0 aliphatic carbocycles. The van der Waals surface area contributed by atoms with Gasteiger partial charge in [-0.2, -0.15) is 10.1 Å². The second kappa shape index (κ2) is 11.8. The van der Waals surface area contributed by atoms with Crippen LogP contribution in [0.4, 0.5) is 11.8 Å². The molecule has 0 bridgehead atoms. The molecular formula is C30H29N7O4. The van der Waals surface area contributed by atoms with Crippen molar-refractivity contribution in [1.29, 1.82) is 0 Å². The van der Waals surface area contributed by atoms with E-state index in [0.717, 1.165) is 22.3 Å². The summed E-state index contributed by atoms with van der Waals surface area (Å²) >= 11 is 0. The first-order chi connectivity index (χ1) is 19.9. The fourth-order valence-corrected chi connectivity index (χ4v) is 4.69. The summed E-state index contributed by atoms with van der Waals surface area (Å²) in [6.45, 7) is -0.153. The van der Waals surface area contributed by atoms with Gasteiger partial charge in [0.05, 0.1) is 38.3 Å². The van der Waals surface area contributed by atoms with Crippen LogP contribution in [-0.2, 0) is 13.0 Å². The summed E-state index contributed by atoms with van der Waals surface area (Å²) < 4.78 is 11.1. The normalized spacial score (nSPS) is 14.2. The van der Waals surface area contributed by atoms with Crippen LogP contribution >= 0.6 is 0 Å². The van der Waals surface area contributed by atoms with Crippen molar-refractivity contribution in [3.8, 4) is 11.5 Å². The van der Waals surface area contributed by atoms with Crippen molar-refractivity contribution in [3.63, 3.8) is 0 Å². The van der Waals surface area contributed by atoms with E-state index in [0.29, 0.717) is 34.7 Å². The monoisotopic (exact) mass is 551 g/mol. The third-order valence-electron chi connectivity index (χ3n) is 6.70. The molecule has 5 N–H and O–H groups in total. The lowest BCUT2D eigenvalue weighted by molar-refractivity contribution is 0.104. The van der Waals surface area contributed by atoms with Gasteiger partial charge < -0.3 is 26.0 Å². The topological polar surface area (TPSA) is 162 Å². The summed E-state index contributed by atoms with van der Waals surface area (Å²) in [6.07, 6.45) is 8.44. The van der Waals surface area contributed by atoms with Crippen LogP contribution in [-0.4, -0.2) is 51.3 Å². The number of nitrogens with two attached hydrogens (primary N) is 2. The Morgan fingerprint density at radius 3 is 2.61 bits per heavy atom. The smallest absolute Gasteiger partial charge is 0.221 e. The Kier molecular flexibility index (Phi) is 7.88. The van der Waals surface area contributed by atoms with E-state index in [1.54, 1.807) is 48.0 Å². The minimum Gasteiger partial charge on any atom is -0.493 e. The highest BCUT2D eigenvalue weighted by atomic mass is 16.5. The molecule has 11 heteroatoms. The van der Waals surface area contributed by atoms with E-state index in [1.807, 2.05) is 30.3 Å². The lowest BCUT2D eigenvalue weighted by Gasteiger charge is -2.31. The van der Waals surface area contributed by atoms with Crippen molar-refractivity contribution in [1.82, 2.24) is 20.0 Å². The zero-order valence-corrected chi connectivity index (χ0v) is 22.6. The highest BCUT2D eigenvalue weighted by Crippen LogP contribution is 2.36. The molecule has 3 heterocycles. The number of allylic oxidation sites excluding steroid dienone is 1. The lowest BCUT2D eigenvalue weighted by atomic mass is 9.94. The van der Waals surface area contributed by atoms with Crippen LogP contribution in [0.3, 0.4) is 0 Å². The maximum absolute atomic E-state index is 13.6. The number of nitrogens with zero attached hydrogens (tertiary/aromatic N) is 5. The Labute approximate surface area is 236 Å². The number of methoxy groups -OCH3 is 2. The highest BCUT2D eigenvalue weighted by molar-refractivity contribution is 6.07. The van der Waals surface area contributed by atoms with Gasteiger partial charge in [0.1, 0.15) is 11.9 Å². The molecule has 208 valence electrons. The van der Waals surface area contributed by atoms with E-state index >= 15 is 0 Å². The number of anilines is 2. The third kappa shape index (κ3) is 5.70.